The van der Waals surface area contributed by atoms with Crippen LogP contribution in [0.3, 0.4) is 0 Å². The molecule has 0 aliphatic carbocycles. The Morgan fingerprint density at radius 3 is 2.07 bits per heavy atom. The highest BCUT2D eigenvalue weighted by Crippen LogP contribution is 2.30. The summed E-state index contributed by atoms with van der Waals surface area (Å²) in [5, 5.41) is 9.21. The van der Waals surface area contributed by atoms with Crippen LogP contribution in [0.2, 0.25) is 0 Å². The predicted molar refractivity (Wildman–Crippen MR) is 60.6 cm³/mol. The van der Waals surface area contributed by atoms with Crippen molar-refractivity contribution in [3.63, 3.8) is 0 Å². The summed E-state index contributed by atoms with van der Waals surface area (Å²) < 4.78 is 0. The molecular weight excluding hydrogens is 172 g/mol. The first-order valence-electron chi connectivity index (χ1n) is 5.48. The Bertz CT molecular complexity index is 263. The van der Waals surface area contributed by atoms with E-state index in [-0.39, 0.29) is 0 Å². The van der Waals surface area contributed by atoms with E-state index in [2.05, 4.69) is 20.8 Å². The lowest BCUT2D eigenvalue weighted by atomic mass is 9.84. The Hall–Kier alpha value is -0.980. The SMILES string of the molecule is CCC(C)C(CC)c1ccc(O)cc1. The standard InChI is InChI=1S/C13H20O/c1-4-10(3)13(5-2)11-6-8-12(14)9-7-11/h6-10,13-14H,4-5H2,1-3H3. The number of phenolic OH excluding ortho intramolecular Hbond substituents is 1. The van der Waals surface area contributed by atoms with Crippen molar-refractivity contribution in [2.45, 2.75) is 39.5 Å². The van der Waals surface area contributed by atoms with Gasteiger partial charge in [-0.15, -0.1) is 0 Å². The smallest absolute Gasteiger partial charge is 0.115 e. The van der Waals surface area contributed by atoms with Crippen LogP contribution in [0.1, 0.15) is 45.1 Å². The van der Waals surface area contributed by atoms with E-state index in [1.165, 1.54) is 18.4 Å². The van der Waals surface area contributed by atoms with Gasteiger partial charge >= 0.3 is 0 Å². The Balaban J connectivity index is 2.84. The van der Waals surface area contributed by atoms with E-state index in [4.69, 9.17) is 0 Å². The van der Waals surface area contributed by atoms with Crippen LogP contribution >= 0.6 is 0 Å². The molecule has 0 aromatic heterocycles. The summed E-state index contributed by atoms with van der Waals surface area (Å²) in [7, 11) is 0. The largest absolute Gasteiger partial charge is 0.508 e. The Morgan fingerprint density at radius 2 is 1.64 bits per heavy atom. The van der Waals surface area contributed by atoms with E-state index >= 15 is 0 Å². The monoisotopic (exact) mass is 192 g/mol. The average Bonchev–Trinajstić information content (AvgIpc) is 2.21. The normalized spacial score (nSPS) is 15.1. The highest BCUT2D eigenvalue weighted by molar-refractivity contribution is 5.28. The zero-order valence-electron chi connectivity index (χ0n) is 9.33. The number of rotatable bonds is 4. The molecule has 0 fully saturated rings. The van der Waals surface area contributed by atoms with Crippen molar-refractivity contribution < 1.29 is 5.11 Å². The highest BCUT2D eigenvalue weighted by Gasteiger charge is 2.15. The molecule has 14 heavy (non-hydrogen) atoms. The summed E-state index contributed by atoms with van der Waals surface area (Å²) >= 11 is 0. The van der Waals surface area contributed by atoms with Crippen molar-refractivity contribution >= 4 is 0 Å². The molecule has 1 aromatic rings. The molecule has 1 aromatic carbocycles. The van der Waals surface area contributed by atoms with Crippen LogP contribution in [0.15, 0.2) is 24.3 Å². The summed E-state index contributed by atoms with van der Waals surface area (Å²) in [4.78, 5) is 0. The average molecular weight is 192 g/mol. The molecule has 78 valence electrons. The lowest BCUT2D eigenvalue weighted by Crippen LogP contribution is -2.07. The second-order valence-electron chi connectivity index (χ2n) is 3.99. The Labute approximate surface area is 86.8 Å². The molecule has 0 heterocycles. The first-order chi connectivity index (χ1) is 6.69. The van der Waals surface area contributed by atoms with Gasteiger partial charge in [-0.05, 0) is 36.0 Å². The van der Waals surface area contributed by atoms with Crippen LogP contribution < -0.4 is 0 Å². The summed E-state index contributed by atoms with van der Waals surface area (Å²) in [5.74, 6) is 1.69. The number of aromatic hydroxyl groups is 1. The predicted octanol–water partition coefficient (Wildman–Crippen LogP) is 3.93. The van der Waals surface area contributed by atoms with Crippen LogP contribution in [0.5, 0.6) is 5.75 Å². The zero-order valence-corrected chi connectivity index (χ0v) is 9.33. The summed E-state index contributed by atoms with van der Waals surface area (Å²) in [5.41, 5.74) is 1.35. The molecule has 1 heteroatoms. The van der Waals surface area contributed by atoms with Crippen molar-refractivity contribution in [2.24, 2.45) is 5.92 Å². The van der Waals surface area contributed by atoms with Gasteiger partial charge in [-0.2, -0.15) is 0 Å². The molecule has 0 aliphatic heterocycles. The fraction of sp³-hybridized carbons (Fsp3) is 0.538. The third-order valence-electron chi connectivity index (χ3n) is 3.09. The van der Waals surface area contributed by atoms with Gasteiger partial charge in [0.25, 0.3) is 0 Å². The lowest BCUT2D eigenvalue weighted by Gasteiger charge is -2.21. The minimum Gasteiger partial charge on any atom is -0.508 e. The highest BCUT2D eigenvalue weighted by atomic mass is 16.3. The third-order valence-corrected chi connectivity index (χ3v) is 3.09. The van der Waals surface area contributed by atoms with Gasteiger partial charge in [0, 0.05) is 0 Å². The van der Waals surface area contributed by atoms with Crippen molar-refractivity contribution in [3.8, 4) is 5.75 Å². The molecule has 2 atom stereocenters. The van der Waals surface area contributed by atoms with Crippen molar-refractivity contribution in [1.29, 1.82) is 0 Å². The first kappa shape index (κ1) is 11.1. The Kier molecular flexibility index (Phi) is 3.99. The molecule has 0 amide bonds. The molecule has 1 nitrogen and oxygen atoms in total. The maximum Gasteiger partial charge on any atom is 0.115 e. The topological polar surface area (TPSA) is 20.2 Å². The van der Waals surface area contributed by atoms with E-state index in [0.29, 0.717) is 17.6 Å². The van der Waals surface area contributed by atoms with E-state index in [0.717, 1.165) is 0 Å². The number of hydrogen-bond acceptors (Lipinski definition) is 1. The molecule has 1 N–H and O–H groups in total. The van der Waals surface area contributed by atoms with Crippen LogP contribution in [0, 0.1) is 5.92 Å². The van der Waals surface area contributed by atoms with E-state index in [1.807, 2.05) is 12.1 Å². The van der Waals surface area contributed by atoms with Gasteiger partial charge in [0.05, 0.1) is 0 Å². The lowest BCUT2D eigenvalue weighted by molar-refractivity contribution is 0.433. The van der Waals surface area contributed by atoms with Crippen molar-refractivity contribution in [1.82, 2.24) is 0 Å². The third kappa shape index (κ3) is 2.50. The maximum atomic E-state index is 9.21. The molecule has 0 saturated carbocycles. The van der Waals surface area contributed by atoms with Crippen LogP contribution in [-0.2, 0) is 0 Å². The zero-order chi connectivity index (χ0) is 10.6. The summed E-state index contributed by atoms with van der Waals surface area (Å²) in [6.07, 6.45) is 2.37. The molecular formula is C13H20O. The van der Waals surface area contributed by atoms with Gasteiger partial charge < -0.3 is 5.11 Å². The molecule has 0 spiro atoms. The number of benzene rings is 1. The molecule has 0 radical (unpaired) electrons. The number of hydrogen-bond donors (Lipinski definition) is 1. The maximum absolute atomic E-state index is 9.21. The quantitative estimate of drug-likeness (QED) is 0.766. The van der Waals surface area contributed by atoms with Crippen LogP contribution in [0.25, 0.3) is 0 Å². The van der Waals surface area contributed by atoms with Crippen LogP contribution in [0.4, 0.5) is 0 Å². The second-order valence-corrected chi connectivity index (χ2v) is 3.99. The summed E-state index contributed by atoms with van der Waals surface area (Å²) in [6.45, 7) is 6.75. The van der Waals surface area contributed by atoms with E-state index < -0.39 is 0 Å². The van der Waals surface area contributed by atoms with E-state index in [9.17, 15) is 5.11 Å². The van der Waals surface area contributed by atoms with Gasteiger partial charge in [0.2, 0.25) is 0 Å². The minimum atomic E-state index is 0.354. The summed E-state index contributed by atoms with van der Waals surface area (Å²) in [6, 6.07) is 7.63. The molecule has 0 aliphatic rings. The van der Waals surface area contributed by atoms with Gasteiger partial charge in [0.1, 0.15) is 5.75 Å². The van der Waals surface area contributed by atoms with E-state index in [1.54, 1.807) is 12.1 Å². The number of phenols is 1. The molecule has 0 saturated heterocycles. The molecule has 2 unspecified atom stereocenters. The van der Waals surface area contributed by atoms with Gasteiger partial charge in [0.15, 0.2) is 0 Å². The molecule has 0 bridgehead atoms. The second kappa shape index (κ2) is 5.04. The van der Waals surface area contributed by atoms with Crippen LogP contribution in [-0.4, -0.2) is 5.11 Å². The fourth-order valence-corrected chi connectivity index (χ4v) is 1.97. The Morgan fingerprint density at radius 1 is 1.07 bits per heavy atom. The molecule has 1 rings (SSSR count). The van der Waals surface area contributed by atoms with Gasteiger partial charge in [-0.25, -0.2) is 0 Å². The first-order valence-corrected chi connectivity index (χ1v) is 5.48. The van der Waals surface area contributed by atoms with Crippen molar-refractivity contribution in [3.05, 3.63) is 29.8 Å². The van der Waals surface area contributed by atoms with Gasteiger partial charge in [-0.1, -0.05) is 39.3 Å². The van der Waals surface area contributed by atoms with Crippen molar-refractivity contribution in [2.75, 3.05) is 0 Å². The fourth-order valence-electron chi connectivity index (χ4n) is 1.97. The minimum absolute atomic E-state index is 0.354. The van der Waals surface area contributed by atoms with Gasteiger partial charge in [-0.3, -0.25) is 0 Å².